The molecule has 4 heterocycles. The Hall–Kier alpha value is -1.92. The molecule has 0 bridgehead atoms. The molecule has 0 atom stereocenters. The van der Waals surface area contributed by atoms with Crippen LogP contribution in [0.2, 0.25) is 0 Å². The molecular formula is C15H15N3O2S. The van der Waals surface area contributed by atoms with Crippen molar-refractivity contribution < 1.29 is 9.26 Å². The summed E-state index contributed by atoms with van der Waals surface area (Å²) in [6.45, 7) is 5.14. The van der Waals surface area contributed by atoms with Gasteiger partial charge in [-0.05, 0) is 24.4 Å². The van der Waals surface area contributed by atoms with E-state index >= 15 is 0 Å². The first-order valence-corrected chi connectivity index (χ1v) is 7.89. The number of hydrogen-bond acceptors (Lipinski definition) is 6. The molecule has 1 fully saturated rings. The average Bonchev–Trinajstić information content (AvgIpc) is 3.18. The van der Waals surface area contributed by atoms with Gasteiger partial charge in [0, 0.05) is 24.0 Å². The largest absolute Gasteiger partial charge is 0.378 e. The van der Waals surface area contributed by atoms with Crippen LogP contribution in [0.25, 0.3) is 22.4 Å². The van der Waals surface area contributed by atoms with Gasteiger partial charge in [0.05, 0.1) is 24.6 Å². The van der Waals surface area contributed by atoms with E-state index in [9.17, 15) is 0 Å². The number of fused-ring (bicyclic) bond motifs is 1. The summed E-state index contributed by atoms with van der Waals surface area (Å²) in [5.74, 6) is 0. The molecule has 0 aromatic carbocycles. The van der Waals surface area contributed by atoms with E-state index in [2.05, 4.69) is 32.9 Å². The summed E-state index contributed by atoms with van der Waals surface area (Å²) in [7, 11) is 0. The molecule has 0 radical (unpaired) electrons. The molecular weight excluding hydrogens is 286 g/mol. The highest BCUT2D eigenvalue weighted by Gasteiger charge is 2.20. The average molecular weight is 301 g/mol. The molecule has 0 unspecified atom stereocenters. The van der Waals surface area contributed by atoms with E-state index in [0.29, 0.717) is 0 Å². The lowest BCUT2D eigenvalue weighted by Crippen LogP contribution is -2.36. The van der Waals surface area contributed by atoms with Crippen molar-refractivity contribution in [2.24, 2.45) is 0 Å². The fourth-order valence-electron chi connectivity index (χ4n) is 2.61. The van der Waals surface area contributed by atoms with Crippen molar-refractivity contribution in [3.05, 3.63) is 28.6 Å². The van der Waals surface area contributed by atoms with Crippen LogP contribution in [0.15, 0.2) is 27.4 Å². The molecule has 4 rings (SSSR count). The van der Waals surface area contributed by atoms with Crippen LogP contribution in [0.1, 0.15) is 5.69 Å². The molecule has 1 saturated heterocycles. The molecule has 21 heavy (non-hydrogen) atoms. The quantitative estimate of drug-likeness (QED) is 0.728. The van der Waals surface area contributed by atoms with Gasteiger partial charge in [0.2, 0.25) is 5.58 Å². The Labute approximate surface area is 126 Å². The Kier molecular flexibility index (Phi) is 3.12. The maximum Gasteiger partial charge on any atom is 0.208 e. The number of anilines is 1. The van der Waals surface area contributed by atoms with E-state index in [1.54, 1.807) is 11.3 Å². The maximum absolute atomic E-state index is 5.51. The predicted molar refractivity (Wildman–Crippen MR) is 82.9 cm³/mol. The summed E-state index contributed by atoms with van der Waals surface area (Å²) in [5.41, 5.74) is 5.61. The van der Waals surface area contributed by atoms with Gasteiger partial charge in [-0.1, -0.05) is 5.16 Å². The Morgan fingerprint density at radius 1 is 1.29 bits per heavy atom. The fourth-order valence-corrected chi connectivity index (χ4v) is 3.26. The third-order valence-corrected chi connectivity index (χ3v) is 4.42. The zero-order chi connectivity index (χ0) is 14.2. The third kappa shape index (κ3) is 2.20. The molecule has 108 valence electrons. The predicted octanol–water partition coefficient (Wildman–Crippen LogP) is 3.10. The van der Waals surface area contributed by atoms with Crippen LogP contribution < -0.4 is 4.90 Å². The van der Waals surface area contributed by atoms with Gasteiger partial charge in [0.25, 0.3) is 0 Å². The van der Waals surface area contributed by atoms with Gasteiger partial charge in [-0.15, -0.1) is 0 Å². The van der Waals surface area contributed by atoms with E-state index in [1.807, 2.05) is 6.92 Å². The van der Waals surface area contributed by atoms with E-state index in [4.69, 9.17) is 14.2 Å². The Balaban J connectivity index is 1.90. The van der Waals surface area contributed by atoms with E-state index < -0.39 is 0 Å². The molecule has 0 N–H and O–H groups in total. The molecule has 0 aliphatic carbocycles. The van der Waals surface area contributed by atoms with Crippen molar-refractivity contribution in [2.75, 3.05) is 31.2 Å². The summed E-state index contributed by atoms with van der Waals surface area (Å²) >= 11 is 1.67. The molecule has 1 aliphatic rings. The Morgan fingerprint density at radius 3 is 2.90 bits per heavy atom. The zero-order valence-corrected chi connectivity index (χ0v) is 12.5. The van der Waals surface area contributed by atoms with Crippen LogP contribution >= 0.6 is 11.3 Å². The first kappa shape index (κ1) is 12.8. The van der Waals surface area contributed by atoms with Gasteiger partial charge in [-0.2, -0.15) is 11.3 Å². The van der Waals surface area contributed by atoms with Crippen LogP contribution in [0.5, 0.6) is 0 Å². The Morgan fingerprint density at radius 2 is 2.14 bits per heavy atom. The van der Waals surface area contributed by atoms with Crippen LogP contribution in [0.4, 0.5) is 5.69 Å². The zero-order valence-electron chi connectivity index (χ0n) is 11.7. The fraction of sp³-hybridized carbons (Fsp3) is 0.333. The van der Waals surface area contributed by atoms with Gasteiger partial charge >= 0.3 is 0 Å². The molecule has 0 saturated carbocycles. The van der Waals surface area contributed by atoms with Crippen LogP contribution in [0, 0.1) is 6.92 Å². The van der Waals surface area contributed by atoms with Gasteiger partial charge in [-0.25, -0.2) is 4.98 Å². The number of aromatic nitrogens is 2. The lowest BCUT2D eigenvalue weighted by Gasteiger charge is -2.28. The van der Waals surface area contributed by atoms with Crippen LogP contribution in [-0.2, 0) is 4.74 Å². The highest BCUT2D eigenvalue weighted by Crippen LogP contribution is 2.33. The summed E-state index contributed by atoms with van der Waals surface area (Å²) in [4.78, 5) is 7.01. The highest BCUT2D eigenvalue weighted by atomic mass is 32.1. The number of morpholine rings is 1. The first-order chi connectivity index (χ1) is 10.3. The monoisotopic (exact) mass is 301 g/mol. The normalized spacial score (nSPS) is 15.8. The SMILES string of the molecule is Cc1noc2c(N3CCOCC3)cc(-c3ccsc3)nc12. The number of pyridine rings is 1. The molecule has 3 aromatic rings. The summed E-state index contributed by atoms with van der Waals surface area (Å²) < 4.78 is 11.0. The second kappa shape index (κ2) is 5.13. The lowest BCUT2D eigenvalue weighted by molar-refractivity contribution is 0.122. The number of hydrogen-bond donors (Lipinski definition) is 0. The van der Waals surface area contributed by atoms with Crippen molar-refractivity contribution in [3.63, 3.8) is 0 Å². The molecule has 1 aliphatic heterocycles. The van der Waals surface area contributed by atoms with E-state index in [1.165, 1.54) is 0 Å². The lowest BCUT2D eigenvalue weighted by atomic mass is 10.1. The van der Waals surface area contributed by atoms with Gasteiger partial charge in [0.1, 0.15) is 11.2 Å². The van der Waals surface area contributed by atoms with Crippen molar-refractivity contribution in [3.8, 4) is 11.3 Å². The smallest absolute Gasteiger partial charge is 0.208 e. The number of nitrogens with zero attached hydrogens (tertiary/aromatic N) is 3. The molecule has 5 nitrogen and oxygen atoms in total. The number of aryl methyl sites for hydroxylation is 1. The number of ether oxygens (including phenoxy) is 1. The third-order valence-electron chi connectivity index (χ3n) is 3.74. The first-order valence-electron chi connectivity index (χ1n) is 6.95. The van der Waals surface area contributed by atoms with Crippen LogP contribution in [0.3, 0.4) is 0 Å². The second-order valence-electron chi connectivity index (χ2n) is 5.08. The minimum Gasteiger partial charge on any atom is -0.378 e. The molecule has 0 spiro atoms. The Bertz CT molecular complexity index is 761. The standard InChI is InChI=1S/C15H15N3O2S/c1-10-14-15(20-17-10)13(18-3-5-19-6-4-18)8-12(16-14)11-2-7-21-9-11/h2,7-9H,3-6H2,1H3. The summed E-state index contributed by atoms with van der Waals surface area (Å²) in [6, 6.07) is 4.19. The van der Waals surface area contributed by atoms with Gasteiger partial charge in [0.15, 0.2) is 0 Å². The van der Waals surface area contributed by atoms with Gasteiger partial charge < -0.3 is 14.2 Å². The minimum absolute atomic E-state index is 0.741. The van der Waals surface area contributed by atoms with Crippen molar-refractivity contribution in [1.29, 1.82) is 0 Å². The minimum atomic E-state index is 0.741. The molecule has 6 heteroatoms. The molecule has 0 amide bonds. The van der Waals surface area contributed by atoms with Crippen molar-refractivity contribution in [2.45, 2.75) is 6.92 Å². The van der Waals surface area contributed by atoms with Crippen LogP contribution in [-0.4, -0.2) is 36.4 Å². The second-order valence-corrected chi connectivity index (χ2v) is 5.86. The number of rotatable bonds is 2. The van der Waals surface area contributed by atoms with E-state index in [-0.39, 0.29) is 0 Å². The maximum atomic E-state index is 5.51. The van der Waals surface area contributed by atoms with Crippen molar-refractivity contribution >= 4 is 28.1 Å². The molecule has 3 aromatic heterocycles. The van der Waals surface area contributed by atoms with Gasteiger partial charge in [-0.3, -0.25) is 0 Å². The topological polar surface area (TPSA) is 51.4 Å². The van der Waals surface area contributed by atoms with E-state index in [0.717, 1.165) is 60.0 Å². The number of thiophene rings is 1. The highest BCUT2D eigenvalue weighted by molar-refractivity contribution is 7.08. The van der Waals surface area contributed by atoms with Crippen molar-refractivity contribution in [1.82, 2.24) is 10.1 Å². The summed E-state index contributed by atoms with van der Waals surface area (Å²) in [6.07, 6.45) is 0. The summed E-state index contributed by atoms with van der Waals surface area (Å²) in [5, 5.41) is 8.26.